The van der Waals surface area contributed by atoms with E-state index >= 15 is 0 Å². The summed E-state index contributed by atoms with van der Waals surface area (Å²) in [5.41, 5.74) is 22.9. The topological polar surface area (TPSA) is 481 Å². The number of nitrogens with zero attached hydrogens (tertiary/aromatic N) is 1. The molecule has 1 heterocycles. The first-order valence-corrected chi connectivity index (χ1v) is 27.9. The molecule has 1 aliphatic heterocycles. The number of aliphatic carboxylic acids is 1. The number of amides is 11. The Morgan fingerprint density at radius 2 is 1.01 bits per heavy atom. The van der Waals surface area contributed by atoms with E-state index in [4.69, 9.17) is 28.0 Å². The van der Waals surface area contributed by atoms with Gasteiger partial charge in [-0.05, 0) is 116 Å². The van der Waals surface area contributed by atoms with Crippen molar-refractivity contribution in [1.29, 1.82) is 0 Å². The van der Waals surface area contributed by atoms with Gasteiger partial charge in [-0.1, -0.05) is 48.0 Å². The minimum absolute atomic E-state index is 0.0338. The molecular weight excluding hydrogens is 1060 g/mol. The van der Waals surface area contributed by atoms with Crippen molar-refractivity contribution < 1.29 is 72.9 Å². The molecule has 0 radical (unpaired) electrons. The van der Waals surface area contributed by atoms with Crippen LogP contribution < -0.4 is 70.8 Å². The van der Waals surface area contributed by atoms with E-state index in [1.54, 1.807) is 41.5 Å². The lowest BCUT2D eigenvalue weighted by atomic mass is 9.96. The third-order valence-corrected chi connectivity index (χ3v) is 13.5. The monoisotopic (exact) mass is 1150 g/mol. The van der Waals surface area contributed by atoms with Crippen LogP contribution in [0.3, 0.4) is 0 Å². The van der Waals surface area contributed by atoms with Crippen molar-refractivity contribution in [2.75, 3.05) is 26.2 Å². The van der Waals surface area contributed by atoms with Crippen LogP contribution in [-0.4, -0.2) is 190 Å². The Kier molecular flexibility index (Phi) is 32.8. The molecule has 1 rings (SSSR count). The molecule has 0 unspecified atom stereocenters. The number of primary amides is 1. The molecular formula is C52H94N14O15. The second-order valence-electron chi connectivity index (χ2n) is 21.7. The van der Waals surface area contributed by atoms with Crippen LogP contribution in [0.5, 0.6) is 0 Å². The smallest absolute Gasteiger partial charge is 0.322 e. The third kappa shape index (κ3) is 25.8. The highest BCUT2D eigenvalue weighted by Gasteiger charge is 2.40. The van der Waals surface area contributed by atoms with Crippen LogP contribution in [0.1, 0.15) is 139 Å². The zero-order chi connectivity index (χ0) is 61.8. The summed E-state index contributed by atoms with van der Waals surface area (Å²) in [5.74, 6) is -11.8. The van der Waals surface area contributed by atoms with Gasteiger partial charge in [-0.2, -0.15) is 0 Å². The highest BCUT2D eigenvalue weighted by atomic mass is 16.4. The van der Waals surface area contributed by atoms with Crippen LogP contribution in [0.4, 0.5) is 0 Å². The molecule has 0 aliphatic carbocycles. The summed E-state index contributed by atoms with van der Waals surface area (Å²) in [7, 11) is 0. The molecule has 0 aromatic heterocycles. The van der Waals surface area contributed by atoms with Crippen LogP contribution >= 0.6 is 0 Å². The van der Waals surface area contributed by atoms with Gasteiger partial charge < -0.3 is 91.0 Å². The van der Waals surface area contributed by atoms with Crippen molar-refractivity contribution >= 4 is 70.9 Å². The van der Waals surface area contributed by atoms with Gasteiger partial charge in [-0.15, -0.1) is 0 Å². The number of carbonyl (C=O) groups is 12. The summed E-state index contributed by atoms with van der Waals surface area (Å²) in [6.45, 7) is 14.2. The number of hydrogen-bond donors (Lipinski definition) is 16. The van der Waals surface area contributed by atoms with Gasteiger partial charge in [-0.25, -0.2) is 0 Å². The minimum Gasteiger partial charge on any atom is -0.480 e. The maximum absolute atomic E-state index is 14.3. The Bertz CT molecular complexity index is 2130. The van der Waals surface area contributed by atoms with Gasteiger partial charge in [0.1, 0.15) is 67.0 Å². The maximum Gasteiger partial charge on any atom is 0.322 e. The van der Waals surface area contributed by atoms with E-state index in [0.717, 1.165) is 0 Å². The van der Waals surface area contributed by atoms with E-state index in [1.807, 2.05) is 0 Å². The van der Waals surface area contributed by atoms with Crippen molar-refractivity contribution in [2.45, 2.75) is 212 Å². The molecule has 462 valence electrons. The van der Waals surface area contributed by atoms with E-state index in [2.05, 4.69) is 47.9 Å². The first kappa shape index (κ1) is 72.5. The third-order valence-electron chi connectivity index (χ3n) is 13.5. The fourth-order valence-corrected chi connectivity index (χ4v) is 8.68. The highest BCUT2D eigenvalue weighted by Crippen LogP contribution is 2.20. The largest absolute Gasteiger partial charge is 0.480 e. The lowest BCUT2D eigenvalue weighted by Gasteiger charge is -2.30. The summed E-state index contributed by atoms with van der Waals surface area (Å²) >= 11 is 0. The fraction of sp³-hybridized carbons (Fsp3) is 0.769. The second kappa shape index (κ2) is 36.7. The summed E-state index contributed by atoms with van der Waals surface area (Å²) < 4.78 is 0. The zero-order valence-corrected chi connectivity index (χ0v) is 48.5. The number of unbranched alkanes of at least 4 members (excludes halogenated alkanes) is 2. The van der Waals surface area contributed by atoms with Crippen molar-refractivity contribution in [3.8, 4) is 0 Å². The average Bonchev–Trinajstić information content (AvgIpc) is 3.89. The lowest BCUT2D eigenvalue weighted by Crippen LogP contribution is -2.62. The van der Waals surface area contributed by atoms with Gasteiger partial charge in [0.15, 0.2) is 0 Å². The summed E-state index contributed by atoms with van der Waals surface area (Å²) in [5, 5.41) is 52.2. The quantitative estimate of drug-likeness (QED) is 0.0259. The molecule has 20 N–H and O–H groups in total. The lowest BCUT2D eigenvalue weighted by molar-refractivity contribution is -0.142. The molecule has 1 aliphatic rings. The van der Waals surface area contributed by atoms with E-state index < -0.39 is 162 Å². The van der Waals surface area contributed by atoms with Crippen LogP contribution in [0, 0.1) is 17.8 Å². The molecule has 29 heteroatoms. The first-order valence-electron chi connectivity index (χ1n) is 27.9. The maximum atomic E-state index is 14.3. The van der Waals surface area contributed by atoms with E-state index in [0.29, 0.717) is 32.1 Å². The number of nitrogens with one attached hydrogen (secondary N) is 9. The number of aliphatic hydroxyl groups excluding tert-OH is 2. The predicted octanol–water partition coefficient (Wildman–Crippen LogP) is -4.56. The zero-order valence-electron chi connectivity index (χ0n) is 48.5. The Morgan fingerprint density at radius 1 is 0.556 bits per heavy atom. The standard InChI is InChI=1S/C52H94N14O15/c1-10-28(6)41(50(79)60-33(17-12-14-20-54)46(75)65-42(31(9)68)51(80)58-29(7)43(72)61-34(22-26(2)3)44(73)57-25-39(70)71)64-45(74)32(16-11-13-19-53)59-48(77)36(24-38(55)69)62-47(76)35(23-27(4)5)63-49(78)37-18-15-21-66(37)52(81)40(56)30(8)67/h26-37,40-42,67-68H,10-25,53-54,56H2,1-9H3,(H2,55,69)(H,57,73)(H,58,80)(H,59,77)(H,60,79)(H,61,72)(H,62,76)(H,63,78)(H,64,74)(H,65,75)(H,70,71)/t28-,29-,30+,31+,32-,33-,34-,35-,36-,37-,40-,41-,42-/m0/s1. The number of carboxylic acids is 1. The van der Waals surface area contributed by atoms with Crippen LogP contribution in [0.15, 0.2) is 0 Å². The van der Waals surface area contributed by atoms with E-state index in [1.165, 1.54) is 25.7 Å². The van der Waals surface area contributed by atoms with E-state index in [-0.39, 0.29) is 70.0 Å². The number of likely N-dealkylation sites (tertiary alicyclic amines) is 1. The first-order chi connectivity index (χ1) is 37.9. The summed E-state index contributed by atoms with van der Waals surface area (Å²) in [6.07, 6.45) is -1.05. The fourth-order valence-electron chi connectivity index (χ4n) is 8.68. The van der Waals surface area contributed by atoms with Gasteiger partial charge >= 0.3 is 5.97 Å². The van der Waals surface area contributed by atoms with Gasteiger partial charge in [0.05, 0.1) is 18.6 Å². The Balaban J connectivity index is 3.45. The van der Waals surface area contributed by atoms with Gasteiger partial charge in [0.2, 0.25) is 65.0 Å². The molecule has 0 aromatic rings. The number of aliphatic hydroxyl groups is 2. The Morgan fingerprint density at radius 3 is 1.48 bits per heavy atom. The van der Waals surface area contributed by atoms with Gasteiger partial charge in [-0.3, -0.25) is 57.5 Å². The number of nitrogens with two attached hydrogens (primary N) is 4. The van der Waals surface area contributed by atoms with Crippen LogP contribution in [0.25, 0.3) is 0 Å². The number of rotatable bonds is 38. The molecule has 0 saturated carbocycles. The van der Waals surface area contributed by atoms with E-state index in [9.17, 15) is 67.7 Å². The van der Waals surface area contributed by atoms with Crippen LogP contribution in [-0.2, 0) is 57.5 Å². The van der Waals surface area contributed by atoms with Crippen molar-refractivity contribution in [3.05, 3.63) is 0 Å². The summed E-state index contributed by atoms with van der Waals surface area (Å²) in [6, 6.07) is -13.6. The molecule has 11 amide bonds. The predicted molar refractivity (Wildman–Crippen MR) is 296 cm³/mol. The van der Waals surface area contributed by atoms with Gasteiger partial charge in [0.25, 0.3) is 0 Å². The summed E-state index contributed by atoms with van der Waals surface area (Å²) in [4.78, 5) is 162. The molecule has 0 aromatic carbocycles. The van der Waals surface area contributed by atoms with Crippen molar-refractivity contribution in [2.24, 2.45) is 40.7 Å². The molecule has 1 saturated heterocycles. The number of hydrogen-bond acceptors (Lipinski definition) is 17. The number of carboxylic acid groups (broad SMARTS) is 1. The Hall–Kier alpha value is -6.56. The molecule has 1 fully saturated rings. The van der Waals surface area contributed by atoms with Crippen molar-refractivity contribution in [3.63, 3.8) is 0 Å². The highest BCUT2D eigenvalue weighted by molar-refractivity contribution is 6.00. The van der Waals surface area contributed by atoms with Gasteiger partial charge in [0, 0.05) is 6.54 Å². The number of carbonyl (C=O) groups excluding carboxylic acids is 11. The molecule has 0 bridgehead atoms. The normalized spacial score (nSPS) is 17.7. The molecule has 13 atom stereocenters. The Labute approximate surface area is 474 Å². The average molecular weight is 1160 g/mol. The molecule has 29 nitrogen and oxygen atoms in total. The molecule has 81 heavy (non-hydrogen) atoms. The molecule has 0 spiro atoms. The minimum atomic E-state index is -1.69. The SMILES string of the molecule is CC[C@H](C)[C@H](NC(=O)[C@H](CCCCN)NC(=O)[C@H](CC(N)=O)NC(=O)[C@H](CC(C)C)NC(=O)[C@@H]1CCCN1C(=O)[C@@H](N)[C@@H](C)O)C(=O)N[C@@H](CCCCN)C(=O)N[C@H](C(=O)N[C@@H](C)C(=O)N[C@@H](CC(C)C)C(=O)NCC(=O)O)[C@@H](C)O. The van der Waals surface area contributed by atoms with Crippen LogP contribution in [0.2, 0.25) is 0 Å². The second-order valence-corrected chi connectivity index (χ2v) is 21.7. The van der Waals surface area contributed by atoms with Crippen molar-refractivity contribution in [1.82, 2.24) is 52.8 Å².